The second-order valence-corrected chi connectivity index (χ2v) is 9.99. The van der Waals surface area contributed by atoms with E-state index in [-0.39, 0.29) is 22.8 Å². The lowest BCUT2D eigenvalue weighted by molar-refractivity contribution is -0.139. The van der Waals surface area contributed by atoms with Crippen LogP contribution in [0.5, 0.6) is 17.2 Å². The predicted octanol–water partition coefficient (Wildman–Crippen LogP) is 4.51. The molecule has 2 aromatic carbocycles. The maximum Gasteiger partial charge on any atom is 0.295 e. The molecule has 0 saturated carbocycles. The molecule has 0 aliphatic carbocycles. The third-order valence-corrected chi connectivity index (χ3v) is 6.16. The number of phenols is 1. The number of aliphatic hydroxyl groups is 1. The highest BCUT2D eigenvalue weighted by Gasteiger charge is 2.46. The third kappa shape index (κ3) is 6.43. The first kappa shape index (κ1) is 28.1. The van der Waals surface area contributed by atoms with Gasteiger partial charge in [-0.05, 0) is 88.3 Å². The van der Waals surface area contributed by atoms with E-state index in [1.807, 2.05) is 25.9 Å². The van der Waals surface area contributed by atoms with Crippen molar-refractivity contribution in [1.82, 2.24) is 9.80 Å². The summed E-state index contributed by atoms with van der Waals surface area (Å²) in [5.41, 5.74) is 1.82. The van der Waals surface area contributed by atoms with Gasteiger partial charge in [0, 0.05) is 12.1 Å². The minimum Gasteiger partial charge on any atom is -0.507 e. The summed E-state index contributed by atoms with van der Waals surface area (Å²) in [6.45, 7) is 9.76. The van der Waals surface area contributed by atoms with E-state index in [1.54, 1.807) is 37.3 Å². The minimum absolute atomic E-state index is 0.0123. The van der Waals surface area contributed by atoms with Crippen molar-refractivity contribution in [1.29, 1.82) is 0 Å². The zero-order valence-corrected chi connectivity index (χ0v) is 22.6. The average molecular weight is 511 g/mol. The number of Topliss-reactive ketones (excluding diaryl/α,β-unsaturated/α-hetero) is 1. The number of likely N-dealkylation sites (tertiary alicyclic amines) is 1. The van der Waals surface area contributed by atoms with Gasteiger partial charge < -0.3 is 29.5 Å². The van der Waals surface area contributed by atoms with Crippen molar-refractivity contribution >= 4 is 17.4 Å². The Balaban J connectivity index is 2.09. The van der Waals surface area contributed by atoms with E-state index in [2.05, 4.69) is 13.8 Å². The Kier molecular flexibility index (Phi) is 9.21. The molecule has 1 saturated heterocycles. The van der Waals surface area contributed by atoms with Crippen LogP contribution in [0.4, 0.5) is 0 Å². The van der Waals surface area contributed by atoms with Gasteiger partial charge in [0.1, 0.15) is 11.5 Å². The molecule has 1 aliphatic heterocycles. The lowest BCUT2D eigenvalue weighted by Crippen LogP contribution is -2.32. The van der Waals surface area contributed by atoms with E-state index in [0.29, 0.717) is 49.0 Å². The number of hydrogen-bond donors (Lipinski definition) is 2. The molecule has 3 rings (SSSR count). The number of carbonyl (C=O) groups excluding carboxylic acids is 2. The quantitative estimate of drug-likeness (QED) is 0.261. The first-order chi connectivity index (χ1) is 17.5. The van der Waals surface area contributed by atoms with Gasteiger partial charge in [-0.15, -0.1) is 0 Å². The highest BCUT2D eigenvalue weighted by Crippen LogP contribution is 2.42. The van der Waals surface area contributed by atoms with Crippen molar-refractivity contribution in [2.24, 2.45) is 5.92 Å². The molecule has 0 aromatic heterocycles. The molecule has 8 heteroatoms. The van der Waals surface area contributed by atoms with E-state index in [0.717, 1.165) is 12.1 Å². The van der Waals surface area contributed by atoms with Crippen molar-refractivity contribution in [3.05, 3.63) is 58.7 Å². The summed E-state index contributed by atoms with van der Waals surface area (Å²) >= 11 is 0. The molecule has 1 atom stereocenters. The van der Waals surface area contributed by atoms with E-state index >= 15 is 0 Å². The van der Waals surface area contributed by atoms with Crippen LogP contribution in [0.1, 0.15) is 49.9 Å². The van der Waals surface area contributed by atoms with Crippen LogP contribution >= 0.6 is 0 Å². The molecular formula is C29H38N2O6. The van der Waals surface area contributed by atoms with E-state index in [9.17, 15) is 19.8 Å². The maximum absolute atomic E-state index is 13.3. The number of aliphatic hydroxyl groups excluding tert-OH is 1. The summed E-state index contributed by atoms with van der Waals surface area (Å²) in [4.78, 5) is 30.0. The van der Waals surface area contributed by atoms with Gasteiger partial charge in [-0.25, -0.2) is 0 Å². The molecular weight excluding hydrogens is 472 g/mol. The first-order valence-corrected chi connectivity index (χ1v) is 12.7. The van der Waals surface area contributed by atoms with Gasteiger partial charge in [0.05, 0.1) is 24.8 Å². The first-order valence-electron chi connectivity index (χ1n) is 12.7. The van der Waals surface area contributed by atoms with Crippen molar-refractivity contribution in [3.8, 4) is 17.2 Å². The van der Waals surface area contributed by atoms with Crippen molar-refractivity contribution in [3.63, 3.8) is 0 Å². The number of phenolic OH excluding ortho intramolecular Hbond substituents is 1. The molecule has 2 aromatic rings. The third-order valence-electron chi connectivity index (χ3n) is 6.16. The summed E-state index contributed by atoms with van der Waals surface area (Å²) in [5.74, 6) is -0.373. The van der Waals surface area contributed by atoms with Crippen LogP contribution < -0.4 is 9.47 Å². The monoisotopic (exact) mass is 510 g/mol. The number of hydrogen-bond acceptors (Lipinski definition) is 7. The van der Waals surface area contributed by atoms with Crippen molar-refractivity contribution in [2.75, 3.05) is 40.4 Å². The van der Waals surface area contributed by atoms with Crippen LogP contribution in [0.3, 0.4) is 0 Å². The fourth-order valence-corrected chi connectivity index (χ4v) is 4.36. The Morgan fingerprint density at radius 2 is 1.81 bits per heavy atom. The van der Waals surface area contributed by atoms with Gasteiger partial charge in [0.25, 0.3) is 11.7 Å². The Bertz CT molecular complexity index is 1170. The molecule has 1 fully saturated rings. The number of carbonyl (C=O) groups is 2. The number of amides is 1. The van der Waals surface area contributed by atoms with Crippen LogP contribution in [-0.2, 0) is 9.59 Å². The van der Waals surface area contributed by atoms with Crippen molar-refractivity contribution < 1.29 is 29.3 Å². The van der Waals surface area contributed by atoms with Gasteiger partial charge in [0.2, 0.25) is 0 Å². The molecule has 1 heterocycles. The zero-order chi connectivity index (χ0) is 27.3. The fourth-order valence-electron chi connectivity index (χ4n) is 4.36. The van der Waals surface area contributed by atoms with Gasteiger partial charge in [-0.3, -0.25) is 9.59 Å². The van der Waals surface area contributed by atoms with E-state index in [4.69, 9.17) is 9.47 Å². The number of aromatic hydroxyl groups is 1. The largest absolute Gasteiger partial charge is 0.507 e. The van der Waals surface area contributed by atoms with Crippen LogP contribution in [0.2, 0.25) is 0 Å². The van der Waals surface area contributed by atoms with Gasteiger partial charge in [-0.2, -0.15) is 0 Å². The topological polar surface area (TPSA) is 99.5 Å². The second-order valence-electron chi connectivity index (χ2n) is 9.99. The lowest BCUT2D eigenvalue weighted by atomic mass is 9.94. The Morgan fingerprint density at radius 1 is 1.08 bits per heavy atom. The molecule has 2 N–H and O–H groups in total. The highest BCUT2D eigenvalue weighted by atomic mass is 16.5. The summed E-state index contributed by atoms with van der Waals surface area (Å²) in [7, 11) is 3.88. The molecule has 200 valence electrons. The molecule has 0 unspecified atom stereocenters. The molecule has 0 bridgehead atoms. The second kappa shape index (κ2) is 12.1. The lowest BCUT2D eigenvalue weighted by Gasteiger charge is -2.26. The van der Waals surface area contributed by atoms with Crippen LogP contribution in [0, 0.1) is 12.8 Å². The summed E-state index contributed by atoms with van der Waals surface area (Å²) < 4.78 is 11.4. The number of nitrogens with zero attached hydrogens (tertiary/aromatic N) is 2. The van der Waals surface area contributed by atoms with Crippen molar-refractivity contribution in [2.45, 2.75) is 40.2 Å². The van der Waals surface area contributed by atoms with Crippen LogP contribution in [0.25, 0.3) is 5.76 Å². The minimum atomic E-state index is -0.820. The summed E-state index contributed by atoms with van der Waals surface area (Å²) in [6, 6.07) is 9.14. The maximum atomic E-state index is 13.3. The number of ether oxygens (including phenoxy) is 2. The SMILES string of the molecule is CCOc1cc([C@H]2/C(=C(\O)c3ccc(OCC(C)C)c(C)c3)C(=O)C(=O)N2CCCN(C)C)ccc1O. The molecule has 8 nitrogen and oxygen atoms in total. The predicted molar refractivity (Wildman–Crippen MR) is 143 cm³/mol. The summed E-state index contributed by atoms with van der Waals surface area (Å²) in [6.07, 6.45) is 0.647. The van der Waals surface area contributed by atoms with E-state index < -0.39 is 17.7 Å². The molecule has 0 spiro atoms. The Morgan fingerprint density at radius 3 is 2.43 bits per heavy atom. The smallest absolute Gasteiger partial charge is 0.295 e. The normalized spacial score (nSPS) is 17.2. The number of aryl methyl sites for hydroxylation is 1. The Labute approximate surface area is 219 Å². The van der Waals surface area contributed by atoms with Gasteiger partial charge in [0.15, 0.2) is 11.5 Å². The fraction of sp³-hybridized carbons (Fsp3) is 0.448. The number of ketones is 1. The zero-order valence-electron chi connectivity index (χ0n) is 22.6. The van der Waals surface area contributed by atoms with Crippen LogP contribution in [-0.4, -0.2) is 72.1 Å². The number of benzene rings is 2. The van der Waals surface area contributed by atoms with Gasteiger partial charge >= 0.3 is 0 Å². The highest BCUT2D eigenvalue weighted by molar-refractivity contribution is 6.46. The average Bonchev–Trinajstić information content (AvgIpc) is 3.09. The molecule has 37 heavy (non-hydrogen) atoms. The molecule has 0 radical (unpaired) electrons. The Hall–Kier alpha value is -3.52. The molecule has 1 aliphatic rings. The van der Waals surface area contributed by atoms with Crippen LogP contribution in [0.15, 0.2) is 42.0 Å². The van der Waals surface area contributed by atoms with Gasteiger partial charge in [-0.1, -0.05) is 19.9 Å². The van der Waals surface area contributed by atoms with E-state index in [1.165, 1.54) is 11.0 Å². The molecule has 1 amide bonds. The standard InChI is InChI=1S/C29H38N2O6/c1-7-36-24-16-20(9-11-22(24)32)26-25(28(34)29(35)31(26)14-8-13-30(5)6)27(33)21-10-12-23(19(4)15-21)37-17-18(2)3/h9-12,15-16,18,26,32-33H,7-8,13-14,17H2,1-6H3/b27-25+/t26-/m0/s1. The number of rotatable bonds is 11. The summed E-state index contributed by atoms with van der Waals surface area (Å²) in [5, 5.41) is 21.6.